The Kier molecular flexibility index (Phi) is 4.32. The van der Waals surface area contributed by atoms with Crippen molar-refractivity contribution in [2.45, 2.75) is 69.9 Å². The fourth-order valence-electron chi connectivity index (χ4n) is 3.49. The van der Waals surface area contributed by atoms with Gasteiger partial charge in [-0.05, 0) is 31.6 Å². The molecular weight excluding hydrogens is 244 g/mol. The number of carbonyl (C=O) groups excluding carboxylic acids is 1. The van der Waals surface area contributed by atoms with E-state index < -0.39 is 11.5 Å². The highest BCUT2D eigenvalue weighted by atomic mass is 16.4. The first-order chi connectivity index (χ1) is 9.01. The molecule has 108 valence electrons. The summed E-state index contributed by atoms with van der Waals surface area (Å²) < 4.78 is 0. The monoisotopic (exact) mass is 268 g/mol. The van der Waals surface area contributed by atoms with Gasteiger partial charge in [0.15, 0.2) is 0 Å². The van der Waals surface area contributed by atoms with Crippen LogP contribution in [0, 0.1) is 5.92 Å². The molecule has 0 heterocycles. The van der Waals surface area contributed by atoms with Crippen molar-refractivity contribution in [2.75, 3.05) is 0 Å². The van der Waals surface area contributed by atoms with Gasteiger partial charge < -0.3 is 15.7 Å². The molecule has 0 radical (unpaired) electrons. The van der Waals surface area contributed by atoms with E-state index >= 15 is 0 Å². The molecule has 2 amide bonds. The van der Waals surface area contributed by atoms with E-state index in [2.05, 4.69) is 17.6 Å². The molecule has 2 atom stereocenters. The van der Waals surface area contributed by atoms with E-state index in [1.54, 1.807) is 0 Å². The van der Waals surface area contributed by atoms with Gasteiger partial charge in [-0.1, -0.05) is 26.2 Å². The quantitative estimate of drug-likeness (QED) is 0.731. The lowest BCUT2D eigenvalue weighted by Crippen LogP contribution is -2.54. The number of carboxylic acid groups (broad SMARTS) is 1. The fraction of sp³-hybridized carbons (Fsp3) is 0.857. The van der Waals surface area contributed by atoms with Gasteiger partial charge in [0.1, 0.15) is 0 Å². The molecule has 19 heavy (non-hydrogen) atoms. The largest absolute Gasteiger partial charge is 0.481 e. The van der Waals surface area contributed by atoms with Crippen molar-refractivity contribution in [2.24, 2.45) is 5.92 Å². The van der Waals surface area contributed by atoms with E-state index in [4.69, 9.17) is 5.11 Å². The second kappa shape index (κ2) is 5.80. The van der Waals surface area contributed by atoms with Crippen LogP contribution in [-0.2, 0) is 4.79 Å². The minimum Gasteiger partial charge on any atom is -0.481 e. The first-order valence-electron chi connectivity index (χ1n) is 7.31. The van der Waals surface area contributed by atoms with Crippen LogP contribution in [0.25, 0.3) is 0 Å². The summed E-state index contributed by atoms with van der Waals surface area (Å²) in [5.41, 5.74) is -0.530. The van der Waals surface area contributed by atoms with E-state index in [1.807, 2.05) is 0 Å². The fourth-order valence-corrected chi connectivity index (χ4v) is 3.49. The summed E-state index contributed by atoms with van der Waals surface area (Å²) in [5.74, 6) is -0.318. The molecule has 0 aromatic carbocycles. The predicted molar refractivity (Wildman–Crippen MR) is 71.9 cm³/mol. The summed E-state index contributed by atoms with van der Waals surface area (Å²) in [7, 11) is 0. The summed E-state index contributed by atoms with van der Waals surface area (Å²) >= 11 is 0. The molecule has 5 heteroatoms. The Bertz CT molecular complexity index is 351. The minimum absolute atomic E-state index is 0.0284. The number of aliphatic carboxylic acids is 1. The molecule has 2 aliphatic rings. The summed E-state index contributed by atoms with van der Waals surface area (Å²) in [4.78, 5) is 23.0. The van der Waals surface area contributed by atoms with Crippen LogP contribution in [0.2, 0.25) is 0 Å². The second-order valence-corrected chi connectivity index (χ2v) is 6.17. The van der Waals surface area contributed by atoms with E-state index in [9.17, 15) is 9.59 Å². The highest BCUT2D eigenvalue weighted by Crippen LogP contribution is 2.32. The third-order valence-corrected chi connectivity index (χ3v) is 4.61. The Morgan fingerprint density at radius 3 is 2.42 bits per heavy atom. The Morgan fingerprint density at radius 1 is 1.21 bits per heavy atom. The van der Waals surface area contributed by atoms with Gasteiger partial charge in [0.2, 0.25) is 0 Å². The zero-order valence-corrected chi connectivity index (χ0v) is 11.6. The van der Waals surface area contributed by atoms with Crippen LogP contribution < -0.4 is 10.6 Å². The van der Waals surface area contributed by atoms with Crippen LogP contribution in [0.5, 0.6) is 0 Å². The van der Waals surface area contributed by atoms with Gasteiger partial charge in [0.25, 0.3) is 0 Å². The van der Waals surface area contributed by atoms with Crippen molar-refractivity contribution in [1.82, 2.24) is 10.6 Å². The molecule has 2 unspecified atom stereocenters. The second-order valence-electron chi connectivity index (χ2n) is 6.17. The van der Waals surface area contributed by atoms with Gasteiger partial charge in [-0.15, -0.1) is 0 Å². The number of nitrogens with one attached hydrogen (secondary N) is 2. The standard InChI is InChI=1S/C14H24N2O3/c1-10-5-4-6-11(10)15-13(19)16-14(9-12(17)18)7-2-3-8-14/h10-11H,2-9H2,1H3,(H,17,18)(H2,15,16,19). The number of carboxylic acids is 1. The SMILES string of the molecule is CC1CCCC1NC(=O)NC1(CC(=O)O)CCCC1. The molecule has 2 saturated carbocycles. The van der Waals surface area contributed by atoms with Crippen molar-refractivity contribution >= 4 is 12.0 Å². The number of rotatable bonds is 4. The zero-order chi connectivity index (χ0) is 13.9. The molecule has 0 spiro atoms. The molecule has 2 aliphatic carbocycles. The molecule has 0 saturated heterocycles. The normalized spacial score (nSPS) is 29.1. The van der Waals surface area contributed by atoms with Crippen molar-refractivity contribution in [3.63, 3.8) is 0 Å². The summed E-state index contributed by atoms with van der Waals surface area (Å²) in [6, 6.07) is 0.0465. The number of urea groups is 1. The molecular formula is C14H24N2O3. The average molecular weight is 268 g/mol. The van der Waals surface area contributed by atoms with Gasteiger partial charge in [-0.25, -0.2) is 4.79 Å². The van der Waals surface area contributed by atoms with Crippen molar-refractivity contribution < 1.29 is 14.7 Å². The molecule has 5 nitrogen and oxygen atoms in total. The Balaban J connectivity index is 1.90. The Labute approximate surface area is 114 Å². The minimum atomic E-state index is -0.837. The summed E-state index contributed by atoms with van der Waals surface area (Å²) in [5, 5.41) is 15.0. The zero-order valence-electron chi connectivity index (χ0n) is 11.6. The molecule has 2 fully saturated rings. The summed E-state index contributed by atoms with van der Waals surface area (Å²) in [6.45, 7) is 2.15. The highest BCUT2D eigenvalue weighted by Gasteiger charge is 2.38. The molecule has 3 N–H and O–H groups in total. The third kappa shape index (κ3) is 3.61. The first-order valence-corrected chi connectivity index (χ1v) is 7.31. The van der Waals surface area contributed by atoms with Crippen LogP contribution in [0.3, 0.4) is 0 Å². The van der Waals surface area contributed by atoms with Gasteiger partial charge >= 0.3 is 12.0 Å². The maximum atomic E-state index is 12.1. The Morgan fingerprint density at radius 2 is 1.89 bits per heavy atom. The van der Waals surface area contributed by atoms with Crippen molar-refractivity contribution in [3.8, 4) is 0 Å². The molecule has 0 aliphatic heterocycles. The number of amides is 2. The van der Waals surface area contributed by atoms with E-state index in [-0.39, 0.29) is 18.5 Å². The average Bonchev–Trinajstić information content (AvgIpc) is 2.89. The van der Waals surface area contributed by atoms with Crippen molar-refractivity contribution in [1.29, 1.82) is 0 Å². The van der Waals surface area contributed by atoms with Crippen LogP contribution in [0.1, 0.15) is 58.3 Å². The van der Waals surface area contributed by atoms with Crippen LogP contribution in [0.4, 0.5) is 4.79 Å². The van der Waals surface area contributed by atoms with Crippen LogP contribution >= 0.6 is 0 Å². The summed E-state index contributed by atoms with van der Waals surface area (Å²) in [6.07, 6.45) is 6.90. The van der Waals surface area contributed by atoms with Gasteiger partial charge in [0.05, 0.1) is 12.0 Å². The van der Waals surface area contributed by atoms with Gasteiger partial charge in [0, 0.05) is 6.04 Å². The smallest absolute Gasteiger partial charge is 0.315 e. The van der Waals surface area contributed by atoms with Gasteiger partial charge in [-0.2, -0.15) is 0 Å². The molecule has 2 rings (SSSR count). The maximum Gasteiger partial charge on any atom is 0.315 e. The maximum absolute atomic E-state index is 12.1. The molecule has 0 aromatic heterocycles. The molecule has 0 bridgehead atoms. The van der Waals surface area contributed by atoms with Gasteiger partial charge in [-0.3, -0.25) is 4.79 Å². The third-order valence-electron chi connectivity index (χ3n) is 4.61. The number of carbonyl (C=O) groups is 2. The van der Waals surface area contributed by atoms with Crippen molar-refractivity contribution in [3.05, 3.63) is 0 Å². The highest BCUT2D eigenvalue weighted by molar-refractivity contribution is 5.77. The van der Waals surface area contributed by atoms with E-state index in [0.717, 1.165) is 44.9 Å². The number of hydrogen-bond donors (Lipinski definition) is 3. The lowest BCUT2D eigenvalue weighted by Gasteiger charge is -2.30. The van der Waals surface area contributed by atoms with E-state index in [1.165, 1.54) is 0 Å². The lowest BCUT2D eigenvalue weighted by atomic mass is 9.93. The van der Waals surface area contributed by atoms with Crippen LogP contribution in [-0.4, -0.2) is 28.7 Å². The topological polar surface area (TPSA) is 78.4 Å². The Hall–Kier alpha value is -1.26. The first kappa shape index (κ1) is 14.2. The lowest BCUT2D eigenvalue weighted by molar-refractivity contribution is -0.138. The van der Waals surface area contributed by atoms with Crippen LogP contribution in [0.15, 0.2) is 0 Å². The molecule has 0 aromatic rings. The number of hydrogen-bond acceptors (Lipinski definition) is 2. The van der Waals surface area contributed by atoms with E-state index in [0.29, 0.717) is 5.92 Å². The predicted octanol–water partition coefficient (Wildman–Crippen LogP) is 2.26.